The van der Waals surface area contributed by atoms with Crippen molar-refractivity contribution in [1.82, 2.24) is 14.9 Å². The van der Waals surface area contributed by atoms with Crippen molar-refractivity contribution in [2.24, 2.45) is 0 Å². The largest absolute Gasteiger partial charge is 0.354 e. The number of carbonyl (C=O) groups excluding carboxylic acids is 1. The molecule has 1 aromatic heterocycles. The molecule has 1 aromatic rings. The zero-order valence-electron chi connectivity index (χ0n) is 12.9. The van der Waals surface area contributed by atoms with E-state index >= 15 is 0 Å². The van der Waals surface area contributed by atoms with Crippen molar-refractivity contribution in [1.29, 1.82) is 0 Å². The summed E-state index contributed by atoms with van der Waals surface area (Å²) in [6.45, 7) is 8.69. The summed E-state index contributed by atoms with van der Waals surface area (Å²) in [5.74, 6) is 1.46. The van der Waals surface area contributed by atoms with Gasteiger partial charge in [0.1, 0.15) is 5.82 Å². The minimum Gasteiger partial charge on any atom is -0.354 e. The molecule has 1 amide bonds. The van der Waals surface area contributed by atoms with Gasteiger partial charge in [-0.2, -0.15) is 4.98 Å². The molecule has 0 fully saturated rings. The van der Waals surface area contributed by atoms with Crippen LogP contribution in [0.15, 0.2) is 12.3 Å². The van der Waals surface area contributed by atoms with Crippen molar-refractivity contribution in [2.75, 3.05) is 43.4 Å². The third-order valence-corrected chi connectivity index (χ3v) is 3.05. The normalized spacial score (nSPS) is 10.2. The van der Waals surface area contributed by atoms with E-state index in [1.54, 1.807) is 6.20 Å². The molecule has 0 aliphatic rings. The van der Waals surface area contributed by atoms with Gasteiger partial charge >= 0.3 is 0 Å². The van der Waals surface area contributed by atoms with Crippen LogP contribution in [0.4, 0.5) is 11.8 Å². The lowest BCUT2D eigenvalue weighted by Gasteiger charge is -2.23. The lowest BCUT2D eigenvalue weighted by molar-refractivity contribution is -0.129. The molecule has 112 valence electrons. The van der Waals surface area contributed by atoms with Crippen molar-refractivity contribution in [2.45, 2.75) is 27.2 Å². The lowest BCUT2D eigenvalue weighted by Crippen LogP contribution is -2.39. The van der Waals surface area contributed by atoms with Crippen LogP contribution in [0.25, 0.3) is 0 Å². The second kappa shape index (κ2) is 8.35. The number of carbonyl (C=O) groups is 1. The molecule has 0 aromatic carbocycles. The van der Waals surface area contributed by atoms with Crippen molar-refractivity contribution in [3.05, 3.63) is 12.3 Å². The van der Waals surface area contributed by atoms with Gasteiger partial charge in [-0.3, -0.25) is 4.79 Å². The summed E-state index contributed by atoms with van der Waals surface area (Å²) >= 11 is 0. The van der Waals surface area contributed by atoms with Crippen molar-refractivity contribution in [3.8, 4) is 0 Å². The third-order valence-electron chi connectivity index (χ3n) is 3.05. The Labute approximate surface area is 121 Å². The summed E-state index contributed by atoms with van der Waals surface area (Å²) in [5, 5.41) is 3.14. The zero-order valence-corrected chi connectivity index (χ0v) is 12.9. The maximum absolute atomic E-state index is 12.1. The summed E-state index contributed by atoms with van der Waals surface area (Å²) in [6, 6.07) is 1.81. The lowest BCUT2D eigenvalue weighted by atomic mass is 10.4. The number of nitrogens with one attached hydrogen (secondary N) is 1. The van der Waals surface area contributed by atoms with E-state index < -0.39 is 0 Å². The van der Waals surface area contributed by atoms with Gasteiger partial charge in [0.25, 0.3) is 0 Å². The summed E-state index contributed by atoms with van der Waals surface area (Å²) in [6.07, 6.45) is 2.72. The number of aromatic nitrogens is 2. The van der Waals surface area contributed by atoms with Gasteiger partial charge in [0.2, 0.25) is 11.9 Å². The number of rotatable bonds is 8. The van der Waals surface area contributed by atoms with E-state index in [1.165, 1.54) is 0 Å². The molecule has 6 heteroatoms. The predicted molar refractivity (Wildman–Crippen MR) is 82.0 cm³/mol. The van der Waals surface area contributed by atoms with Gasteiger partial charge in [0.15, 0.2) is 0 Å². The number of hydrogen-bond acceptors (Lipinski definition) is 5. The van der Waals surface area contributed by atoms with Gasteiger partial charge in [-0.15, -0.1) is 0 Å². The number of hydrogen-bond donors (Lipinski definition) is 1. The van der Waals surface area contributed by atoms with Crippen LogP contribution >= 0.6 is 0 Å². The van der Waals surface area contributed by atoms with E-state index in [1.807, 2.05) is 36.8 Å². The molecule has 0 radical (unpaired) electrons. The molecule has 20 heavy (non-hydrogen) atoms. The molecular weight excluding hydrogens is 254 g/mol. The van der Waals surface area contributed by atoms with Gasteiger partial charge in [-0.25, -0.2) is 4.98 Å². The smallest absolute Gasteiger partial charge is 0.242 e. The molecule has 0 spiro atoms. The van der Waals surface area contributed by atoms with Crippen LogP contribution in [-0.4, -0.2) is 54.0 Å². The molecule has 0 saturated heterocycles. The first-order valence-corrected chi connectivity index (χ1v) is 7.18. The molecule has 1 N–H and O–H groups in total. The van der Waals surface area contributed by atoms with Gasteiger partial charge < -0.3 is 15.1 Å². The van der Waals surface area contributed by atoms with E-state index in [4.69, 9.17) is 0 Å². The first-order valence-electron chi connectivity index (χ1n) is 7.18. The molecule has 0 aliphatic carbocycles. The van der Waals surface area contributed by atoms with Crippen LogP contribution in [-0.2, 0) is 4.79 Å². The number of anilines is 2. The van der Waals surface area contributed by atoms with Crippen LogP contribution < -0.4 is 10.2 Å². The molecule has 0 saturated carbocycles. The molecule has 1 heterocycles. The van der Waals surface area contributed by atoms with Crippen LogP contribution in [0.1, 0.15) is 27.2 Å². The molecule has 0 unspecified atom stereocenters. The quantitative estimate of drug-likeness (QED) is 0.783. The highest BCUT2D eigenvalue weighted by Gasteiger charge is 2.13. The number of nitrogens with zero attached hydrogens (tertiary/aromatic N) is 4. The highest BCUT2D eigenvalue weighted by atomic mass is 16.2. The van der Waals surface area contributed by atoms with E-state index in [2.05, 4.69) is 22.2 Å². The van der Waals surface area contributed by atoms with E-state index in [-0.39, 0.29) is 5.91 Å². The summed E-state index contributed by atoms with van der Waals surface area (Å²) in [5.41, 5.74) is 0. The van der Waals surface area contributed by atoms with E-state index in [0.29, 0.717) is 12.5 Å². The van der Waals surface area contributed by atoms with Crippen LogP contribution in [0.3, 0.4) is 0 Å². The van der Waals surface area contributed by atoms with Gasteiger partial charge in [-0.05, 0) is 26.3 Å². The first kappa shape index (κ1) is 16.2. The minimum absolute atomic E-state index is 0.110. The van der Waals surface area contributed by atoms with Crippen LogP contribution in [0.2, 0.25) is 0 Å². The highest BCUT2D eigenvalue weighted by Crippen LogP contribution is 2.10. The average Bonchev–Trinajstić information content (AvgIpc) is 2.46. The maximum atomic E-state index is 12.1. The van der Waals surface area contributed by atoms with Gasteiger partial charge in [0, 0.05) is 32.9 Å². The van der Waals surface area contributed by atoms with Crippen molar-refractivity contribution in [3.63, 3.8) is 0 Å². The fourth-order valence-electron chi connectivity index (χ4n) is 1.84. The molecule has 1 rings (SSSR count). The van der Waals surface area contributed by atoms with Gasteiger partial charge in [0.05, 0.1) is 6.54 Å². The Morgan fingerprint density at radius 3 is 2.60 bits per heavy atom. The fourth-order valence-corrected chi connectivity index (χ4v) is 1.84. The second-order valence-corrected chi connectivity index (χ2v) is 4.59. The first-order chi connectivity index (χ1) is 9.62. The van der Waals surface area contributed by atoms with E-state index in [0.717, 1.165) is 31.9 Å². The Morgan fingerprint density at radius 1 is 1.30 bits per heavy atom. The Bertz CT molecular complexity index is 420. The van der Waals surface area contributed by atoms with Crippen molar-refractivity contribution < 1.29 is 4.79 Å². The Morgan fingerprint density at radius 2 is 2.00 bits per heavy atom. The SMILES string of the molecule is CCCNc1nccc(N(C)CC(=O)N(CC)CC)n1. The topological polar surface area (TPSA) is 61.4 Å². The highest BCUT2D eigenvalue weighted by molar-refractivity contribution is 5.81. The molecule has 0 bridgehead atoms. The standard InChI is InChI=1S/C14H25N5O/c1-5-9-15-14-16-10-8-12(17-14)18(4)11-13(20)19(6-2)7-3/h8,10H,5-7,9,11H2,1-4H3,(H,15,16,17). The average molecular weight is 279 g/mol. The maximum Gasteiger partial charge on any atom is 0.242 e. The van der Waals surface area contributed by atoms with Crippen LogP contribution in [0.5, 0.6) is 0 Å². The Balaban J connectivity index is 2.67. The van der Waals surface area contributed by atoms with E-state index in [9.17, 15) is 4.79 Å². The van der Waals surface area contributed by atoms with Crippen molar-refractivity contribution >= 4 is 17.7 Å². The predicted octanol–water partition coefficient (Wildman–Crippen LogP) is 1.60. The number of likely N-dealkylation sites (N-methyl/N-ethyl adjacent to an activating group) is 2. The Hall–Kier alpha value is -1.85. The molecule has 6 nitrogen and oxygen atoms in total. The molecular formula is C14H25N5O. The van der Waals surface area contributed by atoms with Gasteiger partial charge in [-0.1, -0.05) is 6.92 Å². The zero-order chi connectivity index (χ0) is 15.0. The minimum atomic E-state index is 0.110. The second-order valence-electron chi connectivity index (χ2n) is 4.59. The molecule has 0 aliphatic heterocycles. The summed E-state index contributed by atoms with van der Waals surface area (Å²) < 4.78 is 0. The third kappa shape index (κ3) is 4.68. The Kier molecular flexibility index (Phi) is 6.76. The summed E-state index contributed by atoms with van der Waals surface area (Å²) in [4.78, 5) is 24.3. The molecule has 0 atom stereocenters. The number of amides is 1. The fraction of sp³-hybridized carbons (Fsp3) is 0.643. The summed E-state index contributed by atoms with van der Waals surface area (Å²) in [7, 11) is 1.87. The monoisotopic (exact) mass is 279 g/mol. The van der Waals surface area contributed by atoms with Crippen LogP contribution in [0, 0.1) is 0 Å².